The molecule has 3 rings (SSSR count). The molecule has 19 heavy (non-hydrogen) atoms. The van der Waals surface area contributed by atoms with Crippen LogP contribution >= 0.6 is 0 Å². The smallest absolute Gasteiger partial charge is 0.268 e. The van der Waals surface area contributed by atoms with Crippen LogP contribution in [-0.2, 0) is 4.79 Å². The van der Waals surface area contributed by atoms with Crippen molar-refractivity contribution in [2.75, 3.05) is 13.2 Å². The molecule has 1 fully saturated rings. The van der Waals surface area contributed by atoms with E-state index in [1.165, 1.54) is 0 Å². The Kier molecular flexibility index (Phi) is 3.00. The SMILES string of the molecule is N#CC1CCCN1C(=O)C1COc2ccccc2O1. The molecule has 1 aromatic carbocycles. The van der Waals surface area contributed by atoms with Gasteiger partial charge in [0.15, 0.2) is 11.5 Å². The van der Waals surface area contributed by atoms with Crippen molar-refractivity contribution in [2.45, 2.75) is 25.0 Å². The normalized spacial score (nSPS) is 24.9. The second-order valence-electron chi connectivity index (χ2n) is 4.68. The van der Waals surface area contributed by atoms with Gasteiger partial charge in [-0.2, -0.15) is 5.26 Å². The van der Waals surface area contributed by atoms with Crippen LogP contribution in [-0.4, -0.2) is 36.1 Å². The minimum Gasteiger partial charge on any atom is -0.485 e. The first kappa shape index (κ1) is 11.8. The van der Waals surface area contributed by atoms with Crippen molar-refractivity contribution >= 4 is 5.91 Å². The first-order valence-electron chi connectivity index (χ1n) is 6.38. The molecule has 5 nitrogen and oxygen atoms in total. The van der Waals surface area contributed by atoms with E-state index in [9.17, 15) is 4.79 Å². The molecule has 0 saturated carbocycles. The molecule has 1 aromatic rings. The summed E-state index contributed by atoms with van der Waals surface area (Å²) in [5.74, 6) is 1.09. The zero-order valence-electron chi connectivity index (χ0n) is 10.4. The van der Waals surface area contributed by atoms with Crippen LogP contribution in [0.5, 0.6) is 11.5 Å². The molecule has 0 aromatic heterocycles. The van der Waals surface area contributed by atoms with Gasteiger partial charge in [0.1, 0.15) is 12.6 Å². The monoisotopic (exact) mass is 258 g/mol. The molecule has 0 spiro atoms. The van der Waals surface area contributed by atoms with Crippen molar-refractivity contribution in [1.29, 1.82) is 5.26 Å². The van der Waals surface area contributed by atoms with E-state index < -0.39 is 6.10 Å². The molecule has 2 aliphatic heterocycles. The fourth-order valence-electron chi connectivity index (χ4n) is 2.49. The molecule has 0 aliphatic carbocycles. The number of nitriles is 1. The molecule has 2 atom stereocenters. The molecule has 0 N–H and O–H groups in total. The van der Waals surface area contributed by atoms with Crippen LogP contribution in [0.25, 0.3) is 0 Å². The van der Waals surface area contributed by atoms with Crippen molar-refractivity contribution in [2.24, 2.45) is 0 Å². The number of nitrogens with zero attached hydrogens (tertiary/aromatic N) is 2. The van der Waals surface area contributed by atoms with Crippen molar-refractivity contribution in [3.63, 3.8) is 0 Å². The number of hydrogen-bond acceptors (Lipinski definition) is 4. The lowest BCUT2D eigenvalue weighted by atomic mass is 10.2. The van der Waals surface area contributed by atoms with Gasteiger partial charge in [-0.05, 0) is 25.0 Å². The summed E-state index contributed by atoms with van der Waals surface area (Å²) in [7, 11) is 0. The zero-order chi connectivity index (χ0) is 13.2. The van der Waals surface area contributed by atoms with Crippen LogP contribution in [0.4, 0.5) is 0 Å². The van der Waals surface area contributed by atoms with Crippen molar-refractivity contribution < 1.29 is 14.3 Å². The second-order valence-corrected chi connectivity index (χ2v) is 4.68. The van der Waals surface area contributed by atoms with Gasteiger partial charge in [0.05, 0.1) is 6.07 Å². The molecular formula is C14H14N2O3. The van der Waals surface area contributed by atoms with E-state index in [4.69, 9.17) is 14.7 Å². The van der Waals surface area contributed by atoms with Gasteiger partial charge in [0.2, 0.25) is 6.10 Å². The van der Waals surface area contributed by atoms with Crippen molar-refractivity contribution in [1.82, 2.24) is 4.90 Å². The highest BCUT2D eigenvalue weighted by molar-refractivity contribution is 5.82. The van der Waals surface area contributed by atoms with E-state index in [0.717, 1.165) is 12.8 Å². The summed E-state index contributed by atoms with van der Waals surface area (Å²) >= 11 is 0. The Bertz CT molecular complexity index is 538. The quantitative estimate of drug-likeness (QED) is 0.762. The first-order chi connectivity index (χ1) is 9.29. The van der Waals surface area contributed by atoms with E-state index in [1.807, 2.05) is 18.2 Å². The predicted molar refractivity (Wildman–Crippen MR) is 66.7 cm³/mol. The summed E-state index contributed by atoms with van der Waals surface area (Å²) in [6.45, 7) is 0.822. The minimum absolute atomic E-state index is 0.154. The second kappa shape index (κ2) is 4.81. The third kappa shape index (κ3) is 2.10. The average Bonchev–Trinajstić information content (AvgIpc) is 2.94. The molecule has 2 aliphatic rings. The Hall–Kier alpha value is -2.22. The number of ether oxygens (including phenoxy) is 2. The van der Waals surface area contributed by atoms with Gasteiger partial charge in [0.25, 0.3) is 5.91 Å². The fraction of sp³-hybridized carbons (Fsp3) is 0.429. The Morgan fingerprint density at radius 3 is 2.95 bits per heavy atom. The molecule has 98 valence electrons. The largest absolute Gasteiger partial charge is 0.485 e. The van der Waals surface area contributed by atoms with E-state index in [-0.39, 0.29) is 18.6 Å². The van der Waals surface area contributed by atoms with E-state index in [1.54, 1.807) is 11.0 Å². The number of para-hydroxylation sites is 2. The summed E-state index contributed by atoms with van der Waals surface area (Å²) in [4.78, 5) is 13.9. The van der Waals surface area contributed by atoms with Crippen LogP contribution < -0.4 is 9.47 Å². The number of carbonyl (C=O) groups excluding carboxylic acids is 1. The van der Waals surface area contributed by atoms with Gasteiger partial charge in [-0.15, -0.1) is 0 Å². The molecule has 1 amide bonds. The Labute approximate surface area is 111 Å². The van der Waals surface area contributed by atoms with Gasteiger partial charge in [-0.1, -0.05) is 12.1 Å². The average molecular weight is 258 g/mol. The van der Waals surface area contributed by atoms with Crippen LogP contribution in [0.15, 0.2) is 24.3 Å². The third-order valence-corrected chi connectivity index (χ3v) is 3.47. The van der Waals surface area contributed by atoms with Crippen LogP contribution in [0, 0.1) is 11.3 Å². The molecular weight excluding hydrogens is 244 g/mol. The zero-order valence-corrected chi connectivity index (χ0v) is 10.4. The van der Waals surface area contributed by atoms with Gasteiger partial charge < -0.3 is 14.4 Å². The summed E-state index contributed by atoms with van der Waals surface area (Å²) < 4.78 is 11.2. The van der Waals surface area contributed by atoms with Gasteiger partial charge >= 0.3 is 0 Å². The number of amides is 1. The maximum Gasteiger partial charge on any atom is 0.268 e. The topological polar surface area (TPSA) is 62.6 Å². The number of benzene rings is 1. The van der Waals surface area contributed by atoms with E-state index in [0.29, 0.717) is 18.0 Å². The highest BCUT2D eigenvalue weighted by atomic mass is 16.6. The molecule has 2 unspecified atom stereocenters. The molecule has 0 bridgehead atoms. The molecule has 0 radical (unpaired) electrons. The fourth-order valence-corrected chi connectivity index (χ4v) is 2.49. The summed E-state index contributed by atoms with van der Waals surface area (Å²) in [5.41, 5.74) is 0. The van der Waals surface area contributed by atoms with E-state index >= 15 is 0 Å². The summed E-state index contributed by atoms with van der Waals surface area (Å²) in [6, 6.07) is 9.12. The molecule has 5 heteroatoms. The Balaban J connectivity index is 1.75. The summed E-state index contributed by atoms with van der Waals surface area (Å²) in [6.07, 6.45) is 0.962. The number of rotatable bonds is 1. The van der Waals surface area contributed by atoms with Gasteiger partial charge in [0, 0.05) is 6.54 Å². The van der Waals surface area contributed by atoms with Crippen molar-refractivity contribution in [3.05, 3.63) is 24.3 Å². The molecule has 2 heterocycles. The highest BCUT2D eigenvalue weighted by Crippen LogP contribution is 2.32. The maximum absolute atomic E-state index is 12.3. The standard InChI is InChI=1S/C14H14N2O3/c15-8-10-4-3-7-16(10)14(17)13-9-18-11-5-1-2-6-12(11)19-13/h1-2,5-6,10,13H,3-4,7,9H2. The lowest BCUT2D eigenvalue weighted by Gasteiger charge is -2.29. The van der Waals surface area contributed by atoms with Crippen LogP contribution in [0.1, 0.15) is 12.8 Å². The first-order valence-corrected chi connectivity index (χ1v) is 6.38. The van der Waals surface area contributed by atoms with Crippen LogP contribution in [0.2, 0.25) is 0 Å². The van der Waals surface area contributed by atoms with Gasteiger partial charge in [-0.25, -0.2) is 0 Å². The highest BCUT2D eigenvalue weighted by Gasteiger charge is 2.36. The predicted octanol–water partition coefficient (Wildman–Crippen LogP) is 1.34. The lowest BCUT2D eigenvalue weighted by molar-refractivity contribution is -0.141. The minimum atomic E-state index is -0.649. The molecule has 1 saturated heterocycles. The number of fused-ring (bicyclic) bond motifs is 1. The number of likely N-dealkylation sites (tertiary alicyclic amines) is 1. The lowest BCUT2D eigenvalue weighted by Crippen LogP contribution is -2.47. The van der Waals surface area contributed by atoms with Crippen molar-refractivity contribution in [3.8, 4) is 17.6 Å². The van der Waals surface area contributed by atoms with Crippen LogP contribution in [0.3, 0.4) is 0 Å². The Morgan fingerprint density at radius 1 is 1.37 bits per heavy atom. The Morgan fingerprint density at radius 2 is 2.16 bits per heavy atom. The maximum atomic E-state index is 12.3. The number of carbonyl (C=O) groups is 1. The third-order valence-electron chi connectivity index (χ3n) is 3.47. The summed E-state index contributed by atoms with van der Waals surface area (Å²) in [5, 5.41) is 9.03. The van der Waals surface area contributed by atoms with E-state index in [2.05, 4.69) is 6.07 Å². The van der Waals surface area contributed by atoms with Gasteiger partial charge in [-0.3, -0.25) is 4.79 Å². The number of hydrogen-bond donors (Lipinski definition) is 0.